The number of Topliss-reactive ketones (excluding diaryl/α,β-unsaturated/α-hetero) is 1. The Morgan fingerprint density at radius 3 is 1.70 bits per heavy atom. The van der Waals surface area contributed by atoms with E-state index in [1.165, 1.54) is 0 Å². The molecule has 20 heavy (non-hydrogen) atoms. The predicted molar refractivity (Wildman–Crippen MR) is 90.5 cm³/mol. The lowest BCUT2D eigenvalue weighted by atomic mass is 9.73. The van der Waals surface area contributed by atoms with Crippen LogP contribution in [0.4, 0.5) is 0 Å². The molecule has 0 radical (unpaired) electrons. The molecular formula is C16H33NO2S. The van der Waals surface area contributed by atoms with E-state index in [1.807, 2.05) is 59.7 Å². The zero-order valence-electron chi connectivity index (χ0n) is 14.8. The zero-order chi connectivity index (χ0) is 16.6. The fourth-order valence-electron chi connectivity index (χ4n) is 2.62. The quantitative estimate of drug-likeness (QED) is 0.730. The van der Waals surface area contributed by atoms with E-state index in [1.54, 1.807) is 6.26 Å². The summed E-state index contributed by atoms with van der Waals surface area (Å²) >= 11 is 0. The van der Waals surface area contributed by atoms with E-state index in [2.05, 4.69) is 5.87 Å². The highest BCUT2D eigenvalue weighted by molar-refractivity contribution is 7.97. The smallest absolute Gasteiger partial charge is 0.143 e. The second-order valence-corrected chi connectivity index (χ2v) is 10.8. The van der Waals surface area contributed by atoms with Gasteiger partial charge in [-0.3, -0.25) is 9.00 Å². The first kappa shape index (κ1) is 19.7. The lowest BCUT2D eigenvalue weighted by Crippen LogP contribution is -2.47. The third-order valence-electron chi connectivity index (χ3n) is 3.45. The average molecular weight is 304 g/mol. The molecule has 0 saturated carbocycles. The Balaban J connectivity index is 5.12. The van der Waals surface area contributed by atoms with Crippen molar-refractivity contribution in [1.29, 1.82) is 0 Å². The molecule has 0 aliphatic heterocycles. The van der Waals surface area contributed by atoms with Crippen LogP contribution >= 0.6 is 0 Å². The minimum absolute atomic E-state index is 0.228. The molecule has 0 bridgehead atoms. The van der Waals surface area contributed by atoms with Crippen LogP contribution in [0.15, 0.2) is 0 Å². The monoisotopic (exact) mass is 303 g/mol. The number of carbonyl (C=O) groups is 1. The van der Waals surface area contributed by atoms with Gasteiger partial charge in [-0.25, -0.2) is 4.31 Å². The summed E-state index contributed by atoms with van der Waals surface area (Å²) in [6, 6.07) is 0. The van der Waals surface area contributed by atoms with Crippen molar-refractivity contribution in [2.75, 3.05) is 12.8 Å². The van der Waals surface area contributed by atoms with Gasteiger partial charge in [0.05, 0.1) is 0 Å². The van der Waals surface area contributed by atoms with Crippen LogP contribution in [0.25, 0.3) is 0 Å². The van der Waals surface area contributed by atoms with Crippen LogP contribution in [-0.4, -0.2) is 38.5 Å². The molecule has 120 valence electrons. The summed E-state index contributed by atoms with van der Waals surface area (Å²) in [4.78, 5) is 12.5. The molecule has 0 aliphatic rings. The first-order valence-corrected chi connectivity index (χ1v) is 9.24. The fraction of sp³-hybridized carbons (Fsp3) is 0.875. The molecule has 0 saturated heterocycles. The number of hydrogen-bond donors (Lipinski definition) is 0. The van der Waals surface area contributed by atoms with Crippen LogP contribution in [-0.2, 0) is 14.5 Å². The summed E-state index contributed by atoms with van der Waals surface area (Å²) in [6.45, 7) is 16.5. The Morgan fingerprint density at radius 1 is 1.05 bits per heavy atom. The zero-order valence-corrected chi connectivity index (χ0v) is 15.6. The van der Waals surface area contributed by atoms with E-state index in [0.29, 0.717) is 13.0 Å². The van der Waals surface area contributed by atoms with Gasteiger partial charge in [0, 0.05) is 38.9 Å². The lowest BCUT2D eigenvalue weighted by Gasteiger charge is -2.39. The van der Waals surface area contributed by atoms with Gasteiger partial charge in [0.15, 0.2) is 0 Å². The molecule has 0 aliphatic carbocycles. The van der Waals surface area contributed by atoms with Gasteiger partial charge in [0.25, 0.3) is 0 Å². The summed E-state index contributed by atoms with van der Waals surface area (Å²) < 4.78 is 14.3. The Hall–Kier alpha value is -0.350. The largest absolute Gasteiger partial charge is 0.299 e. The summed E-state index contributed by atoms with van der Waals surface area (Å²) in [5, 5.41) is 0. The van der Waals surface area contributed by atoms with E-state index >= 15 is 0 Å². The van der Waals surface area contributed by atoms with Crippen molar-refractivity contribution in [1.82, 2.24) is 4.31 Å². The molecular weight excluding hydrogens is 270 g/mol. The highest BCUT2D eigenvalue weighted by Crippen LogP contribution is 2.33. The minimum Gasteiger partial charge on any atom is -0.299 e. The third kappa shape index (κ3) is 5.57. The summed E-state index contributed by atoms with van der Waals surface area (Å²) in [5.41, 5.74) is -1.00. The third-order valence-corrected chi connectivity index (χ3v) is 5.11. The molecule has 0 aromatic heterocycles. The Labute approximate surface area is 126 Å². The molecule has 0 aromatic rings. The van der Waals surface area contributed by atoms with E-state index in [9.17, 15) is 9.00 Å². The molecule has 0 rings (SSSR count). The maximum absolute atomic E-state index is 12.5. The summed E-state index contributed by atoms with van der Waals surface area (Å²) in [5.74, 6) is 4.04. The van der Waals surface area contributed by atoms with E-state index in [0.717, 1.165) is 0 Å². The molecule has 3 nitrogen and oxygen atoms in total. The first-order valence-electron chi connectivity index (χ1n) is 7.14. The lowest BCUT2D eigenvalue weighted by molar-refractivity contribution is -0.135. The maximum atomic E-state index is 12.5. The standard InChI is InChI=1S/C16H33NO2S/c1-14(2,3)13(18)16(7,8)11-12-17(15(4,5)6)20(9,10)19/h9,11-12H2,1-8,10H3. The van der Waals surface area contributed by atoms with Crippen molar-refractivity contribution >= 4 is 21.4 Å². The van der Waals surface area contributed by atoms with Crippen molar-refractivity contribution in [3.05, 3.63) is 0 Å². The highest BCUT2D eigenvalue weighted by Gasteiger charge is 2.37. The number of ketones is 1. The van der Waals surface area contributed by atoms with Crippen LogP contribution in [0.3, 0.4) is 0 Å². The van der Waals surface area contributed by atoms with Gasteiger partial charge in [0.1, 0.15) is 5.78 Å². The van der Waals surface area contributed by atoms with Crippen LogP contribution in [0, 0.1) is 10.8 Å². The summed E-state index contributed by atoms with van der Waals surface area (Å²) in [6.07, 6.45) is 2.34. The van der Waals surface area contributed by atoms with Crippen LogP contribution in [0.5, 0.6) is 0 Å². The van der Waals surface area contributed by atoms with Gasteiger partial charge in [-0.2, -0.15) is 0 Å². The molecule has 0 spiro atoms. The molecule has 1 unspecified atom stereocenters. The van der Waals surface area contributed by atoms with Crippen molar-refractivity contribution in [2.24, 2.45) is 10.8 Å². The van der Waals surface area contributed by atoms with Crippen molar-refractivity contribution in [3.8, 4) is 0 Å². The Bertz CT molecular complexity index is 448. The van der Waals surface area contributed by atoms with Gasteiger partial charge in [0.2, 0.25) is 0 Å². The second kappa shape index (κ2) is 5.80. The molecule has 4 heteroatoms. The summed E-state index contributed by atoms with van der Waals surface area (Å²) in [7, 11) is -2.28. The number of carbonyl (C=O) groups excluding carboxylic acids is 1. The van der Waals surface area contributed by atoms with Crippen molar-refractivity contribution < 1.29 is 9.00 Å². The molecule has 0 fully saturated rings. The van der Waals surface area contributed by atoms with E-state index < -0.39 is 15.1 Å². The van der Waals surface area contributed by atoms with Gasteiger partial charge in [-0.15, -0.1) is 0 Å². The fourth-order valence-corrected chi connectivity index (χ4v) is 4.25. The van der Waals surface area contributed by atoms with Crippen molar-refractivity contribution in [2.45, 2.75) is 67.3 Å². The molecule has 0 amide bonds. The number of nitrogens with zero attached hydrogens (tertiary/aromatic N) is 1. The van der Waals surface area contributed by atoms with Gasteiger partial charge >= 0.3 is 0 Å². The topological polar surface area (TPSA) is 37.4 Å². The minimum atomic E-state index is -2.28. The Kier molecular flexibility index (Phi) is 5.70. The molecule has 0 N–H and O–H groups in total. The second-order valence-electron chi connectivity index (χ2n) is 8.45. The van der Waals surface area contributed by atoms with Gasteiger partial charge < -0.3 is 0 Å². The molecule has 1 atom stereocenters. The van der Waals surface area contributed by atoms with Crippen molar-refractivity contribution in [3.63, 3.8) is 0 Å². The molecule has 0 aromatic carbocycles. The normalized spacial score (nSPS) is 17.1. The molecule has 0 heterocycles. The van der Waals surface area contributed by atoms with Crippen LogP contribution in [0.2, 0.25) is 0 Å². The van der Waals surface area contributed by atoms with Crippen LogP contribution in [0.1, 0.15) is 61.8 Å². The Morgan fingerprint density at radius 2 is 1.45 bits per heavy atom. The predicted octanol–water partition coefficient (Wildman–Crippen LogP) is 3.38. The van der Waals surface area contributed by atoms with Crippen LogP contribution < -0.4 is 0 Å². The first-order chi connectivity index (χ1) is 8.49. The number of rotatable bonds is 5. The van der Waals surface area contributed by atoms with E-state index in [4.69, 9.17) is 0 Å². The number of hydrogen-bond acceptors (Lipinski definition) is 2. The van der Waals surface area contributed by atoms with Gasteiger partial charge in [-0.1, -0.05) is 34.6 Å². The maximum Gasteiger partial charge on any atom is 0.143 e. The van der Waals surface area contributed by atoms with E-state index in [-0.39, 0.29) is 16.7 Å². The van der Waals surface area contributed by atoms with Gasteiger partial charge in [-0.05, 0) is 33.1 Å². The SMILES string of the molecule is C=S(C)(=O)N(CCC(C)(C)C(=O)C(C)(C)C)C(C)(C)C. The average Bonchev–Trinajstić information content (AvgIpc) is 2.10. The highest BCUT2D eigenvalue weighted by atomic mass is 32.2.